The number of ketones is 2. The van der Waals surface area contributed by atoms with Gasteiger partial charge in [0.15, 0.2) is 11.6 Å². The quantitative estimate of drug-likeness (QED) is 0.395. The molecule has 0 aromatic heterocycles. The number of Topliss-reactive ketones (excluding diaryl/α,β-unsaturated/α-hetero) is 2. The Bertz CT molecular complexity index is 1060. The lowest BCUT2D eigenvalue weighted by atomic mass is 9.76. The molecule has 0 bridgehead atoms. The number of rotatable bonds is 4. The highest BCUT2D eigenvalue weighted by Gasteiger charge is 2.44. The fourth-order valence-corrected chi connectivity index (χ4v) is 5.51. The summed E-state index contributed by atoms with van der Waals surface area (Å²) < 4.78 is 12.4. The number of hydrogen-bond acceptors (Lipinski definition) is 4. The minimum absolute atomic E-state index is 0.198. The molecular formula is C22H20Cl2O4Si2. The van der Waals surface area contributed by atoms with Gasteiger partial charge in [-0.3, -0.25) is 9.59 Å². The summed E-state index contributed by atoms with van der Waals surface area (Å²) in [5.41, 5.74) is 2.42. The number of carbonyl (C=O) groups excluding carboxylic acids is 2. The van der Waals surface area contributed by atoms with Crippen LogP contribution in [0.2, 0.25) is 26.2 Å². The minimum Gasteiger partial charge on any atom is -0.529 e. The summed E-state index contributed by atoms with van der Waals surface area (Å²) in [4.78, 5) is 27.2. The van der Waals surface area contributed by atoms with Crippen LogP contribution in [0.3, 0.4) is 0 Å². The van der Waals surface area contributed by atoms with Crippen LogP contribution in [0, 0.1) is 0 Å². The van der Waals surface area contributed by atoms with Gasteiger partial charge in [0.25, 0.3) is 0 Å². The van der Waals surface area contributed by atoms with Crippen LogP contribution in [0.25, 0.3) is 11.5 Å². The van der Waals surface area contributed by atoms with E-state index in [1.165, 1.54) is 0 Å². The first-order valence-corrected chi connectivity index (χ1v) is 17.3. The zero-order valence-corrected chi connectivity index (χ0v) is 20.5. The molecule has 30 heavy (non-hydrogen) atoms. The Hall–Kier alpha value is -2.13. The monoisotopic (exact) mass is 474 g/mol. The molecule has 0 saturated carbocycles. The van der Waals surface area contributed by atoms with Gasteiger partial charge in [0.05, 0.1) is 11.1 Å². The SMILES string of the molecule is C[Si](C)(Cl)OC1=C2C(=O)c3ccccc3C(O[Si](C)(C)Cl)=C2C(=O)c2ccccc21. The molecule has 2 aromatic rings. The molecule has 0 heterocycles. The average Bonchev–Trinajstić information content (AvgIpc) is 2.66. The number of benzene rings is 2. The van der Waals surface area contributed by atoms with E-state index in [9.17, 15) is 9.59 Å². The van der Waals surface area contributed by atoms with E-state index >= 15 is 0 Å². The van der Waals surface area contributed by atoms with Crippen molar-refractivity contribution in [3.8, 4) is 0 Å². The van der Waals surface area contributed by atoms with Gasteiger partial charge in [-0.25, -0.2) is 0 Å². The first-order chi connectivity index (χ1) is 14.0. The second-order valence-electron chi connectivity index (χ2n) is 8.09. The smallest absolute Gasteiger partial charge is 0.341 e. The summed E-state index contributed by atoms with van der Waals surface area (Å²) in [5, 5.41) is 0. The molecule has 0 fully saturated rings. The van der Waals surface area contributed by atoms with E-state index in [-0.39, 0.29) is 22.7 Å². The first-order valence-electron chi connectivity index (χ1n) is 9.51. The van der Waals surface area contributed by atoms with Crippen molar-refractivity contribution in [2.75, 3.05) is 0 Å². The fourth-order valence-electron chi connectivity index (χ4n) is 3.65. The maximum atomic E-state index is 13.6. The molecule has 8 heteroatoms. The second-order valence-corrected chi connectivity index (χ2v) is 19.4. The van der Waals surface area contributed by atoms with Gasteiger partial charge in [-0.2, -0.15) is 0 Å². The van der Waals surface area contributed by atoms with Crippen LogP contribution in [0.4, 0.5) is 0 Å². The molecule has 0 unspecified atom stereocenters. The summed E-state index contributed by atoms with van der Waals surface area (Å²) >= 11 is 13.0. The van der Waals surface area contributed by atoms with E-state index in [4.69, 9.17) is 31.0 Å². The molecule has 0 aliphatic heterocycles. The lowest BCUT2D eigenvalue weighted by molar-refractivity contribution is 0.0988. The largest absolute Gasteiger partial charge is 0.529 e. The van der Waals surface area contributed by atoms with Crippen LogP contribution in [-0.2, 0) is 8.85 Å². The van der Waals surface area contributed by atoms with Crippen molar-refractivity contribution in [2.45, 2.75) is 26.2 Å². The van der Waals surface area contributed by atoms with Crippen molar-refractivity contribution in [2.24, 2.45) is 0 Å². The maximum absolute atomic E-state index is 13.6. The van der Waals surface area contributed by atoms with Crippen LogP contribution >= 0.6 is 22.2 Å². The van der Waals surface area contributed by atoms with E-state index in [2.05, 4.69) is 0 Å². The molecule has 2 aliphatic rings. The highest BCUT2D eigenvalue weighted by molar-refractivity contribution is 7.16. The number of allylic oxidation sites excluding steroid dienone is 2. The van der Waals surface area contributed by atoms with Crippen molar-refractivity contribution < 1.29 is 18.4 Å². The number of hydrogen-bond donors (Lipinski definition) is 0. The van der Waals surface area contributed by atoms with Crippen molar-refractivity contribution in [3.05, 3.63) is 81.9 Å². The van der Waals surface area contributed by atoms with E-state index in [0.717, 1.165) is 0 Å². The van der Waals surface area contributed by atoms with Crippen LogP contribution in [0.15, 0.2) is 59.7 Å². The topological polar surface area (TPSA) is 52.6 Å². The summed E-state index contributed by atoms with van der Waals surface area (Å²) in [7, 11) is -5.26. The van der Waals surface area contributed by atoms with Crippen molar-refractivity contribution in [1.82, 2.24) is 0 Å². The third-order valence-electron chi connectivity index (χ3n) is 4.68. The Kier molecular flexibility index (Phi) is 5.09. The van der Waals surface area contributed by atoms with E-state index in [0.29, 0.717) is 33.8 Å². The standard InChI is InChI=1S/C22H20Cl2O4Si2/c1-29(2,23)27-21-15-11-7-5-9-13(15)20(26)18-17(21)19(25)14-10-6-8-12-16(14)22(18)28-30(3,4)24/h5-12H,1-4H3. The van der Waals surface area contributed by atoms with Gasteiger partial charge < -0.3 is 8.85 Å². The Morgan fingerprint density at radius 2 is 0.900 bits per heavy atom. The van der Waals surface area contributed by atoms with Crippen LogP contribution in [-0.4, -0.2) is 26.8 Å². The molecular weight excluding hydrogens is 455 g/mol. The Morgan fingerprint density at radius 1 is 0.600 bits per heavy atom. The van der Waals surface area contributed by atoms with Gasteiger partial charge in [-0.15, -0.1) is 22.2 Å². The Balaban J connectivity index is 2.13. The molecule has 154 valence electrons. The molecule has 0 radical (unpaired) electrons. The molecule has 2 aliphatic carbocycles. The number of halogens is 2. The zero-order chi connectivity index (χ0) is 21.8. The molecule has 0 amide bonds. The normalized spacial score (nSPS) is 16.2. The van der Waals surface area contributed by atoms with E-state index < -0.39 is 15.3 Å². The predicted octanol–water partition coefficient (Wildman–Crippen LogP) is 6.12. The molecule has 0 N–H and O–H groups in total. The average molecular weight is 475 g/mol. The van der Waals surface area contributed by atoms with Gasteiger partial charge in [0.2, 0.25) is 0 Å². The molecule has 0 atom stereocenters. The number of carbonyl (C=O) groups is 2. The summed E-state index contributed by atoms with van der Waals surface area (Å²) in [6.07, 6.45) is 0. The van der Waals surface area contributed by atoms with Gasteiger partial charge in [-0.05, 0) is 26.2 Å². The van der Waals surface area contributed by atoms with Crippen LogP contribution < -0.4 is 0 Å². The van der Waals surface area contributed by atoms with Crippen molar-refractivity contribution >= 4 is 60.5 Å². The third kappa shape index (κ3) is 3.69. The molecule has 2 aromatic carbocycles. The van der Waals surface area contributed by atoms with E-state index in [1.807, 2.05) is 26.2 Å². The summed E-state index contributed by atoms with van der Waals surface area (Å²) in [6.45, 7) is 7.27. The zero-order valence-electron chi connectivity index (χ0n) is 17.0. The summed E-state index contributed by atoms with van der Waals surface area (Å²) in [5.74, 6) is 0.104. The van der Waals surface area contributed by atoms with Gasteiger partial charge in [0.1, 0.15) is 11.5 Å². The highest BCUT2D eigenvalue weighted by atomic mass is 35.6. The van der Waals surface area contributed by atoms with Gasteiger partial charge in [-0.1, -0.05) is 48.5 Å². The van der Waals surface area contributed by atoms with Crippen molar-refractivity contribution in [1.29, 1.82) is 0 Å². The van der Waals surface area contributed by atoms with Crippen LogP contribution in [0.5, 0.6) is 0 Å². The third-order valence-corrected chi connectivity index (χ3v) is 6.52. The predicted molar refractivity (Wildman–Crippen MR) is 124 cm³/mol. The van der Waals surface area contributed by atoms with Crippen LogP contribution in [0.1, 0.15) is 31.8 Å². The maximum Gasteiger partial charge on any atom is 0.341 e. The van der Waals surface area contributed by atoms with Gasteiger partial charge >= 0.3 is 15.3 Å². The lowest BCUT2D eigenvalue weighted by Gasteiger charge is -2.33. The van der Waals surface area contributed by atoms with Gasteiger partial charge in [0, 0.05) is 22.3 Å². The Morgan fingerprint density at radius 3 is 1.20 bits per heavy atom. The second kappa shape index (κ2) is 7.23. The molecule has 4 rings (SSSR count). The molecule has 0 saturated heterocycles. The minimum atomic E-state index is -2.63. The Labute approximate surface area is 186 Å². The number of fused-ring (bicyclic) bond motifs is 3. The highest BCUT2D eigenvalue weighted by Crippen LogP contribution is 2.46. The fraction of sp³-hybridized carbons (Fsp3) is 0.182. The summed E-state index contributed by atoms with van der Waals surface area (Å²) in [6, 6.07) is 14.2. The molecule has 4 nitrogen and oxygen atoms in total. The van der Waals surface area contributed by atoms with Crippen molar-refractivity contribution in [3.63, 3.8) is 0 Å². The van der Waals surface area contributed by atoms with E-state index in [1.54, 1.807) is 48.5 Å². The first kappa shape index (κ1) is 21.1. The molecule has 0 spiro atoms. The lowest BCUT2D eigenvalue weighted by Crippen LogP contribution is -2.33.